The van der Waals surface area contributed by atoms with Crippen LogP contribution >= 0.6 is 0 Å². The number of carbonyl (C=O) groups excluding carboxylic acids is 2. The lowest BCUT2D eigenvalue weighted by atomic mass is 9.99. The van der Waals surface area contributed by atoms with Gasteiger partial charge in [0.1, 0.15) is 5.76 Å². The number of likely N-dealkylation sites (tertiary alicyclic amines) is 2. The van der Waals surface area contributed by atoms with Crippen molar-refractivity contribution in [1.82, 2.24) is 9.80 Å². The van der Waals surface area contributed by atoms with Crippen LogP contribution in [0.2, 0.25) is 0 Å². The zero-order valence-corrected chi connectivity index (χ0v) is 13.0. The standard InChI is InChI=1S/C16H20N2O5/c1-10-6-18(9-13(10)16(21)22)15(20)11-5-14(19)17(7-11)8-12-3-2-4-23-12/h2-4,10-11,13H,5-9H2,1H3,(H,21,22)/t10-,11?,13-/m1/s1. The Morgan fingerprint density at radius 2 is 2.13 bits per heavy atom. The molecule has 2 saturated heterocycles. The number of carboxylic acids is 1. The van der Waals surface area contributed by atoms with Gasteiger partial charge in [-0.2, -0.15) is 0 Å². The van der Waals surface area contributed by atoms with Crippen LogP contribution in [-0.4, -0.2) is 52.3 Å². The van der Waals surface area contributed by atoms with Crippen molar-refractivity contribution in [2.45, 2.75) is 19.9 Å². The summed E-state index contributed by atoms with van der Waals surface area (Å²) in [7, 11) is 0. The van der Waals surface area contributed by atoms with Gasteiger partial charge < -0.3 is 19.3 Å². The summed E-state index contributed by atoms with van der Waals surface area (Å²) in [6, 6.07) is 3.55. The number of aliphatic carboxylic acids is 1. The van der Waals surface area contributed by atoms with Gasteiger partial charge in [-0.15, -0.1) is 0 Å². The second-order valence-corrected chi connectivity index (χ2v) is 6.42. The van der Waals surface area contributed by atoms with E-state index in [9.17, 15) is 14.4 Å². The van der Waals surface area contributed by atoms with Crippen molar-refractivity contribution in [3.63, 3.8) is 0 Å². The molecular formula is C16H20N2O5. The predicted octanol–water partition coefficient (Wildman–Crippen LogP) is 0.807. The van der Waals surface area contributed by atoms with Gasteiger partial charge >= 0.3 is 5.97 Å². The van der Waals surface area contributed by atoms with Crippen LogP contribution in [0.15, 0.2) is 22.8 Å². The lowest BCUT2D eigenvalue weighted by Crippen LogP contribution is -2.36. The molecular weight excluding hydrogens is 300 g/mol. The fourth-order valence-electron chi connectivity index (χ4n) is 3.41. The number of hydrogen-bond acceptors (Lipinski definition) is 4. The Balaban J connectivity index is 1.61. The maximum atomic E-state index is 12.6. The molecule has 1 aromatic rings. The van der Waals surface area contributed by atoms with E-state index in [1.165, 1.54) is 0 Å². The quantitative estimate of drug-likeness (QED) is 0.886. The first-order valence-corrected chi connectivity index (χ1v) is 7.77. The molecule has 1 N–H and O–H groups in total. The molecule has 7 nitrogen and oxygen atoms in total. The van der Waals surface area contributed by atoms with E-state index in [1.54, 1.807) is 28.2 Å². The second kappa shape index (κ2) is 6.06. The monoisotopic (exact) mass is 320 g/mol. The summed E-state index contributed by atoms with van der Waals surface area (Å²) in [4.78, 5) is 39.1. The molecule has 2 aliphatic rings. The maximum absolute atomic E-state index is 12.6. The predicted molar refractivity (Wildman–Crippen MR) is 79.1 cm³/mol. The van der Waals surface area contributed by atoms with E-state index in [2.05, 4.69) is 0 Å². The highest BCUT2D eigenvalue weighted by atomic mass is 16.4. The lowest BCUT2D eigenvalue weighted by molar-refractivity contribution is -0.142. The number of carbonyl (C=O) groups is 3. The molecule has 2 fully saturated rings. The minimum absolute atomic E-state index is 0.0622. The summed E-state index contributed by atoms with van der Waals surface area (Å²) >= 11 is 0. The second-order valence-electron chi connectivity index (χ2n) is 6.42. The van der Waals surface area contributed by atoms with E-state index in [-0.39, 0.29) is 30.7 Å². The summed E-state index contributed by atoms with van der Waals surface area (Å²) in [5.41, 5.74) is 0. The summed E-state index contributed by atoms with van der Waals surface area (Å²) in [5.74, 6) is -1.33. The molecule has 23 heavy (non-hydrogen) atoms. The summed E-state index contributed by atoms with van der Waals surface area (Å²) < 4.78 is 5.24. The van der Waals surface area contributed by atoms with E-state index >= 15 is 0 Å². The van der Waals surface area contributed by atoms with Gasteiger partial charge in [-0.3, -0.25) is 14.4 Å². The van der Waals surface area contributed by atoms with Gasteiger partial charge in [0.25, 0.3) is 0 Å². The van der Waals surface area contributed by atoms with Crippen LogP contribution in [0.3, 0.4) is 0 Å². The van der Waals surface area contributed by atoms with Gasteiger partial charge in [-0.1, -0.05) is 6.92 Å². The van der Waals surface area contributed by atoms with Crippen molar-refractivity contribution < 1.29 is 23.9 Å². The first kappa shape index (κ1) is 15.6. The van der Waals surface area contributed by atoms with E-state index in [4.69, 9.17) is 9.52 Å². The first-order valence-electron chi connectivity index (χ1n) is 7.77. The number of nitrogens with zero attached hydrogens (tertiary/aromatic N) is 2. The van der Waals surface area contributed by atoms with Gasteiger partial charge in [0.15, 0.2) is 0 Å². The number of hydrogen-bond donors (Lipinski definition) is 1. The third-order valence-corrected chi connectivity index (χ3v) is 4.73. The third kappa shape index (κ3) is 3.09. The van der Waals surface area contributed by atoms with Crippen LogP contribution in [0.4, 0.5) is 0 Å². The molecule has 2 aliphatic heterocycles. The number of carboxylic acid groups (broad SMARTS) is 1. The number of rotatable bonds is 4. The van der Waals surface area contributed by atoms with E-state index in [0.717, 1.165) is 0 Å². The fraction of sp³-hybridized carbons (Fsp3) is 0.562. The summed E-state index contributed by atoms with van der Waals surface area (Å²) in [6.07, 6.45) is 1.73. The van der Waals surface area contributed by atoms with Crippen molar-refractivity contribution >= 4 is 17.8 Å². The Labute approximate surface area is 133 Å². The van der Waals surface area contributed by atoms with Crippen LogP contribution < -0.4 is 0 Å². The fourth-order valence-corrected chi connectivity index (χ4v) is 3.41. The molecule has 3 rings (SSSR count). The van der Waals surface area contributed by atoms with E-state index < -0.39 is 17.8 Å². The van der Waals surface area contributed by atoms with Crippen LogP contribution in [0.25, 0.3) is 0 Å². The topological polar surface area (TPSA) is 91.1 Å². The van der Waals surface area contributed by atoms with Gasteiger partial charge in [-0.25, -0.2) is 0 Å². The highest BCUT2D eigenvalue weighted by Gasteiger charge is 2.42. The van der Waals surface area contributed by atoms with Gasteiger partial charge in [-0.05, 0) is 18.1 Å². The van der Waals surface area contributed by atoms with Crippen molar-refractivity contribution in [2.75, 3.05) is 19.6 Å². The average Bonchev–Trinajstić information content (AvgIpc) is 3.20. The van der Waals surface area contributed by atoms with Gasteiger partial charge in [0.05, 0.1) is 24.6 Å². The highest BCUT2D eigenvalue weighted by molar-refractivity contribution is 5.89. The largest absolute Gasteiger partial charge is 0.481 e. The van der Waals surface area contributed by atoms with Crippen LogP contribution in [-0.2, 0) is 20.9 Å². The Morgan fingerprint density at radius 1 is 1.35 bits per heavy atom. The molecule has 7 heteroatoms. The van der Waals surface area contributed by atoms with Gasteiger partial charge in [0, 0.05) is 26.1 Å². The zero-order chi connectivity index (χ0) is 16.6. The van der Waals surface area contributed by atoms with E-state index in [0.29, 0.717) is 25.4 Å². The molecule has 0 bridgehead atoms. The highest BCUT2D eigenvalue weighted by Crippen LogP contribution is 2.28. The maximum Gasteiger partial charge on any atom is 0.308 e. The zero-order valence-electron chi connectivity index (χ0n) is 13.0. The van der Waals surface area contributed by atoms with Crippen molar-refractivity contribution in [2.24, 2.45) is 17.8 Å². The Morgan fingerprint density at radius 3 is 2.74 bits per heavy atom. The summed E-state index contributed by atoms with van der Waals surface area (Å²) in [5, 5.41) is 9.17. The third-order valence-electron chi connectivity index (χ3n) is 4.73. The average molecular weight is 320 g/mol. The molecule has 0 aliphatic carbocycles. The SMILES string of the molecule is C[C@@H]1CN(C(=O)C2CC(=O)N(Cc3ccco3)C2)C[C@H]1C(=O)O. The molecule has 1 unspecified atom stereocenters. The Kier molecular flexibility index (Phi) is 4.11. The molecule has 0 saturated carbocycles. The van der Waals surface area contributed by atoms with Crippen LogP contribution in [0.1, 0.15) is 19.1 Å². The molecule has 2 amide bonds. The molecule has 0 radical (unpaired) electrons. The lowest BCUT2D eigenvalue weighted by Gasteiger charge is -2.20. The Bertz CT molecular complexity index is 612. The molecule has 124 valence electrons. The number of furan rings is 1. The Hall–Kier alpha value is -2.31. The smallest absolute Gasteiger partial charge is 0.308 e. The van der Waals surface area contributed by atoms with E-state index in [1.807, 2.05) is 6.92 Å². The first-order chi connectivity index (χ1) is 11.0. The van der Waals surface area contributed by atoms with Crippen LogP contribution in [0.5, 0.6) is 0 Å². The summed E-state index contributed by atoms with van der Waals surface area (Å²) in [6.45, 7) is 3.25. The van der Waals surface area contributed by atoms with Gasteiger partial charge in [0.2, 0.25) is 11.8 Å². The van der Waals surface area contributed by atoms with Crippen molar-refractivity contribution in [3.05, 3.63) is 24.2 Å². The molecule has 0 aromatic carbocycles. The van der Waals surface area contributed by atoms with Crippen molar-refractivity contribution in [1.29, 1.82) is 0 Å². The molecule has 0 spiro atoms. The molecule has 3 heterocycles. The van der Waals surface area contributed by atoms with Crippen LogP contribution in [0, 0.1) is 17.8 Å². The minimum Gasteiger partial charge on any atom is -0.481 e. The molecule has 1 aromatic heterocycles. The normalized spacial score (nSPS) is 27.7. The number of amides is 2. The molecule has 3 atom stereocenters. The van der Waals surface area contributed by atoms with Crippen molar-refractivity contribution in [3.8, 4) is 0 Å². The minimum atomic E-state index is -0.866.